The van der Waals surface area contributed by atoms with Crippen molar-refractivity contribution in [2.75, 3.05) is 13.7 Å². The second kappa shape index (κ2) is 11.5. The van der Waals surface area contributed by atoms with Gasteiger partial charge in [-0.3, -0.25) is 10.1 Å². The Kier molecular flexibility index (Phi) is 10.6. The molecule has 1 unspecified atom stereocenters. The summed E-state index contributed by atoms with van der Waals surface area (Å²) in [7, 11) is 1.35. The largest absolute Gasteiger partial charge is 0.467 e. The number of ether oxygens (including phenoxy) is 1. The van der Waals surface area contributed by atoms with Gasteiger partial charge < -0.3 is 9.64 Å². The van der Waals surface area contributed by atoms with Gasteiger partial charge in [0.25, 0.3) is 5.70 Å². The summed E-state index contributed by atoms with van der Waals surface area (Å²) < 4.78 is 5.03. The van der Waals surface area contributed by atoms with E-state index in [1.54, 1.807) is 23.1 Å². The smallest absolute Gasteiger partial charge is 0.328 e. The molecule has 148 valence electrons. The van der Waals surface area contributed by atoms with Crippen molar-refractivity contribution in [3.05, 3.63) is 46.3 Å². The molecule has 6 heteroatoms. The van der Waals surface area contributed by atoms with Crippen molar-refractivity contribution in [1.29, 1.82) is 0 Å². The minimum Gasteiger partial charge on any atom is -0.467 e. The fraction of sp³-hybridized carbons (Fsp3) is 0.650. The van der Waals surface area contributed by atoms with Crippen LogP contribution in [-0.2, 0) is 9.53 Å². The lowest BCUT2D eigenvalue weighted by Crippen LogP contribution is -2.45. The van der Waals surface area contributed by atoms with Crippen LogP contribution < -0.4 is 0 Å². The highest BCUT2D eigenvalue weighted by molar-refractivity contribution is 5.76. The molecule has 0 aliphatic heterocycles. The second-order valence-corrected chi connectivity index (χ2v) is 7.09. The summed E-state index contributed by atoms with van der Waals surface area (Å²) in [5.41, 5.74) is 0.0246. The topological polar surface area (TPSA) is 72.7 Å². The fourth-order valence-corrected chi connectivity index (χ4v) is 2.54. The average molecular weight is 367 g/mol. The molecule has 0 heterocycles. The molecule has 0 amide bonds. The number of unbranched alkanes of at least 4 members (excludes halogenated alkanes) is 1. The minimum absolute atomic E-state index is 0.106. The number of esters is 1. The normalized spacial score (nSPS) is 13.5. The molecule has 0 aliphatic rings. The maximum absolute atomic E-state index is 12.6. The molecule has 1 atom stereocenters. The SMILES string of the molecule is C=C(/C(=C\C=C/C)N(CCCC)C(CC(C)(C)CC)C(=O)OC)[N+](=O)[O-]. The van der Waals surface area contributed by atoms with Crippen LogP contribution in [0.1, 0.15) is 60.3 Å². The van der Waals surface area contributed by atoms with Gasteiger partial charge in [-0.1, -0.05) is 52.7 Å². The van der Waals surface area contributed by atoms with Gasteiger partial charge in [0.05, 0.1) is 12.0 Å². The summed E-state index contributed by atoms with van der Waals surface area (Å²) in [5, 5.41) is 11.4. The number of hydrogen-bond donors (Lipinski definition) is 0. The molecule has 0 aromatic heterocycles. The van der Waals surface area contributed by atoms with E-state index in [-0.39, 0.29) is 17.1 Å². The summed E-state index contributed by atoms with van der Waals surface area (Å²) in [6.45, 7) is 14.2. The third-order valence-electron chi connectivity index (χ3n) is 4.58. The number of nitrogens with zero attached hydrogens (tertiary/aromatic N) is 2. The molecular formula is C20H34N2O4. The second-order valence-electron chi connectivity index (χ2n) is 7.09. The van der Waals surface area contributed by atoms with Crippen LogP contribution in [0.25, 0.3) is 0 Å². The number of carbonyl (C=O) groups is 1. The van der Waals surface area contributed by atoms with E-state index in [4.69, 9.17) is 4.74 Å². The first-order valence-electron chi connectivity index (χ1n) is 9.16. The number of hydrogen-bond acceptors (Lipinski definition) is 5. The third-order valence-corrected chi connectivity index (χ3v) is 4.58. The number of carbonyl (C=O) groups excluding carboxylic acids is 1. The molecule has 0 spiro atoms. The Hall–Kier alpha value is -2.11. The Balaban J connectivity index is 6.18. The van der Waals surface area contributed by atoms with Crippen LogP contribution in [0.15, 0.2) is 36.2 Å². The van der Waals surface area contributed by atoms with Gasteiger partial charge >= 0.3 is 5.97 Å². The van der Waals surface area contributed by atoms with Crippen LogP contribution in [0.2, 0.25) is 0 Å². The minimum atomic E-state index is -0.602. The van der Waals surface area contributed by atoms with E-state index in [0.29, 0.717) is 18.7 Å². The highest BCUT2D eigenvalue weighted by Gasteiger charge is 2.35. The standard InChI is InChI=1S/C20H34N2O4/c1-8-11-13-17(16(4)22(24)25)21(14-12-9-2)18(19(23)26-7)15-20(5,6)10-3/h8,11,13,18H,4,9-10,12,14-15H2,1-3,5-7H3/b11-8-,17-13+. The highest BCUT2D eigenvalue weighted by Crippen LogP contribution is 2.31. The Morgan fingerprint density at radius 3 is 2.42 bits per heavy atom. The van der Waals surface area contributed by atoms with Crippen LogP contribution in [-0.4, -0.2) is 35.5 Å². The highest BCUT2D eigenvalue weighted by atomic mass is 16.6. The van der Waals surface area contributed by atoms with Crippen LogP contribution >= 0.6 is 0 Å². The van der Waals surface area contributed by atoms with Crippen molar-refractivity contribution in [1.82, 2.24) is 4.90 Å². The van der Waals surface area contributed by atoms with Gasteiger partial charge in [-0.15, -0.1) is 0 Å². The van der Waals surface area contributed by atoms with E-state index in [2.05, 4.69) is 27.4 Å². The number of methoxy groups -OCH3 is 1. The lowest BCUT2D eigenvalue weighted by molar-refractivity contribution is -0.422. The molecule has 0 saturated heterocycles. The number of nitro groups is 1. The first-order valence-corrected chi connectivity index (χ1v) is 9.16. The lowest BCUT2D eigenvalue weighted by Gasteiger charge is -2.36. The van der Waals surface area contributed by atoms with Crippen LogP contribution in [0.3, 0.4) is 0 Å². The van der Waals surface area contributed by atoms with E-state index in [9.17, 15) is 14.9 Å². The molecule has 0 rings (SSSR count). The average Bonchev–Trinajstić information content (AvgIpc) is 2.61. The summed E-state index contributed by atoms with van der Waals surface area (Å²) >= 11 is 0. The molecule has 0 fully saturated rings. The van der Waals surface area contributed by atoms with Gasteiger partial charge in [0.1, 0.15) is 11.7 Å². The lowest BCUT2D eigenvalue weighted by atomic mass is 9.82. The molecule has 0 aromatic carbocycles. The first kappa shape index (κ1) is 23.9. The van der Waals surface area contributed by atoms with Crippen LogP contribution in [0, 0.1) is 15.5 Å². The summed E-state index contributed by atoms with van der Waals surface area (Å²) in [5.74, 6) is -0.384. The van der Waals surface area contributed by atoms with Gasteiger partial charge in [-0.25, -0.2) is 4.79 Å². The van der Waals surface area contributed by atoms with E-state index in [1.807, 2.05) is 13.8 Å². The van der Waals surface area contributed by atoms with Gasteiger partial charge in [0, 0.05) is 6.54 Å². The molecule has 0 bridgehead atoms. The Labute approximate surface area is 157 Å². The molecule has 0 radical (unpaired) electrons. The van der Waals surface area contributed by atoms with Crippen molar-refractivity contribution in [2.24, 2.45) is 5.41 Å². The monoisotopic (exact) mass is 366 g/mol. The fourth-order valence-electron chi connectivity index (χ4n) is 2.54. The van der Waals surface area contributed by atoms with Crippen molar-refractivity contribution >= 4 is 5.97 Å². The zero-order chi connectivity index (χ0) is 20.3. The molecule has 0 saturated carbocycles. The quantitative estimate of drug-likeness (QED) is 0.216. The zero-order valence-corrected chi connectivity index (χ0v) is 17.1. The van der Waals surface area contributed by atoms with Crippen molar-refractivity contribution < 1.29 is 14.5 Å². The first-order chi connectivity index (χ1) is 12.1. The van der Waals surface area contributed by atoms with E-state index in [0.717, 1.165) is 19.3 Å². The predicted octanol–water partition coefficient (Wildman–Crippen LogP) is 4.71. The third kappa shape index (κ3) is 7.42. The van der Waals surface area contributed by atoms with Crippen LogP contribution in [0.4, 0.5) is 0 Å². The summed E-state index contributed by atoms with van der Waals surface area (Å²) in [4.78, 5) is 25.2. The molecule has 0 aromatic rings. The summed E-state index contributed by atoms with van der Waals surface area (Å²) in [6, 6.07) is -0.602. The van der Waals surface area contributed by atoms with Crippen molar-refractivity contribution in [2.45, 2.75) is 66.3 Å². The Morgan fingerprint density at radius 1 is 1.38 bits per heavy atom. The molecular weight excluding hydrogens is 332 g/mol. The van der Waals surface area contributed by atoms with Gasteiger partial charge in [0.2, 0.25) is 0 Å². The van der Waals surface area contributed by atoms with E-state index >= 15 is 0 Å². The molecule has 0 aliphatic carbocycles. The Bertz CT molecular complexity index is 550. The molecule has 6 nitrogen and oxygen atoms in total. The maximum atomic E-state index is 12.6. The number of rotatable bonds is 12. The van der Waals surface area contributed by atoms with Crippen molar-refractivity contribution in [3.8, 4) is 0 Å². The maximum Gasteiger partial charge on any atom is 0.328 e. The van der Waals surface area contributed by atoms with Gasteiger partial charge in [-0.2, -0.15) is 0 Å². The Morgan fingerprint density at radius 2 is 2.00 bits per heavy atom. The number of allylic oxidation sites excluding steroid dienone is 3. The van der Waals surface area contributed by atoms with Gasteiger partial charge in [0.15, 0.2) is 0 Å². The van der Waals surface area contributed by atoms with E-state index < -0.39 is 11.0 Å². The predicted molar refractivity (Wildman–Crippen MR) is 105 cm³/mol. The van der Waals surface area contributed by atoms with Gasteiger partial charge in [-0.05, 0) is 37.8 Å². The van der Waals surface area contributed by atoms with E-state index in [1.165, 1.54) is 7.11 Å². The van der Waals surface area contributed by atoms with Crippen molar-refractivity contribution in [3.63, 3.8) is 0 Å². The zero-order valence-electron chi connectivity index (χ0n) is 17.1. The van der Waals surface area contributed by atoms with Crippen LogP contribution in [0.5, 0.6) is 0 Å². The molecule has 26 heavy (non-hydrogen) atoms. The summed E-state index contributed by atoms with van der Waals surface area (Å²) in [6.07, 6.45) is 8.29. The molecule has 0 N–H and O–H groups in total.